The maximum absolute atomic E-state index is 5.85. The van der Waals surface area contributed by atoms with Crippen molar-refractivity contribution in [1.29, 1.82) is 0 Å². The van der Waals surface area contributed by atoms with Gasteiger partial charge in [0.05, 0.1) is 6.61 Å². The molecule has 1 aromatic carbocycles. The van der Waals surface area contributed by atoms with E-state index >= 15 is 0 Å². The number of hydrogen-bond acceptors (Lipinski definition) is 2. The van der Waals surface area contributed by atoms with E-state index in [4.69, 9.17) is 9.16 Å². The predicted molar refractivity (Wildman–Crippen MR) is 80.5 cm³/mol. The topological polar surface area (TPSA) is 18.5 Å². The first-order chi connectivity index (χ1) is 8.88. The Labute approximate surface area is 114 Å². The van der Waals surface area contributed by atoms with E-state index in [-0.39, 0.29) is 0 Å². The van der Waals surface area contributed by atoms with Crippen LogP contribution in [0.5, 0.6) is 5.75 Å². The van der Waals surface area contributed by atoms with E-state index in [1.54, 1.807) is 0 Å². The van der Waals surface area contributed by atoms with Gasteiger partial charge in [0.15, 0.2) is 9.76 Å². The van der Waals surface area contributed by atoms with Crippen molar-refractivity contribution in [3.05, 3.63) is 24.3 Å². The summed E-state index contributed by atoms with van der Waals surface area (Å²) in [5, 5.41) is 1.30. The molecule has 0 amide bonds. The monoisotopic (exact) mass is 266 g/mol. The molecule has 0 unspecified atom stereocenters. The van der Waals surface area contributed by atoms with Crippen LogP contribution in [-0.4, -0.2) is 23.0 Å². The molecule has 0 fully saturated rings. The van der Waals surface area contributed by atoms with Crippen LogP contribution >= 0.6 is 0 Å². The minimum absolute atomic E-state index is 0.625. The lowest BCUT2D eigenvalue weighted by Crippen LogP contribution is -2.21. The summed E-state index contributed by atoms with van der Waals surface area (Å²) in [5.74, 6) is 1.04. The third-order valence-electron chi connectivity index (χ3n) is 2.88. The highest BCUT2D eigenvalue weighted by Gasteiger charge is 2.03. The normalized spacial score (nSPS) is 11.2. The molecule has 0 heterocycles. The second-order valence-corrected chi connectivity index (χ2v) is 6.03. The highest BCUT2D eigenvalue weighted by Crippen LogP contribution is 2.07. The summed E-state index contributed by atoms with van der Waals surface area (Å²) in [6.45, 7) is 6.12. The van der Waals surface area contributed by atoms with Gasteiger partial charge in [-0.05, 0) is 18.9 Å². The SMILES string of the molecule is CCCCCOc1ccccc1[SiH2]OCCCC. The van der Waals surface area contributed by atoms with Gasteiger partial charge in [-0.2, -0.15) is 0 Å². The fourth-order valence-electron chi connectivity index (χ4n) is 1.73. The molecule has 0 spiro atoms. The van der Waals surface area contributed by atoms with Crippen molar-refractivity contribution in [1.82, 2.24) is 0 Å². The van der Waals surface area contributed by atoms with E-state index in [0.717, 1.165) is 31.8 Å². The Bertz CT molecular complexity index is 284. The number of para-hydroxylation sites is 1. The van der Waals surface area contributed by atoms with Crippen LogP contribution in [0.4, 0.5) is 0 Å². The van der Waals surface area contributed by atoms with E-state index in [2.05, 4.69) is 32.0 Å². The zero-order chi connectivity index (χ0) is 13.1. The Morgan fingerprint density at radius 3 is 2.50 bits per heavy atom. The van der Waals surface area contributed by atoms with Gasteiger partial charge in [-0.3, -0.25) is 0 Å². The van der Waals surface area contributed by atoms with Crippen molar-refractivity contribution in [3.8, 4) is 5.75 Å². The number of unbranched alkanes of at least 4 members (excludes halogenated alkanes) is 3. The number of benzene rings is 1. The van der Waals surface area contributed by atoms with E-state index in [1.807, 2.05) is 6.07 Å². The van der Waals surface area contributed by atoms with Crippen molar-refractivity contribution in [2.75, 3.05) is 13.2 Å². The molecule has 0 saturated heterocycles. The molecule has 0 saturated carbocycles. The summed E-state index contributed by atoms with van der Waals surface area (Å²) in [7, 11) is -0.625. The van der Waals surface area contributed by atoms with Gasteiger partial charge in [-0.1, -0.05) is 51.3 Å². The molecule has 0 radical (unpaired) electrons. The summed E-state index contributed by atoms with van der Waals surface area (Å²) < 4.78 is 11.6. The van der Waals surface area contributed by atoms with Crippen LogP contribution in [0, 0.1) is 0 Å². The summed E-state index contributed by atoms with van der Waals surface area (Å²) in [6.07, 6.45) is 5.98. The Hall–Kier alpha value is -0.803. The van der Waals surface area contributed by atoms with Gasteiger partial charge in [0.25, 0.3) is 0 Å². The maximum Gasteiger partial charge on any atom is 0.196 e. The fraction of sp³-hybridized carbons (Fsp3) is 0.600. The van der Waals surface area contributed by atoms with Crippen LogP contribution in [0.25, 0.3) is 0 Å². The average Bonchev–Trinajstić information content (AvgIpc) is 2.41. The molecule has 2 nitrogen and oxygen atoms in total. The summed E-state index contributed by atoms with van der Waals surface area (Å²) in [4.78, 5) is 0. The Kier molecular flexibility index (Phi) is 8.60. The summed E-state index contributed by atoms with van der Waals surface area (Å²) in [5.41, 5.74) is 0. The predicted octanol–water partition coefficient (Wildman–Crippen LogP) is 2.78. The lowest BCUT2D eigenvalue weighted by molar-refractivity contribution is 0.305. The summed E-state index contributed by atoms with van der Waals surface area (Å²) >= 11 is 0. The molecule has 0 aromatic heterocycles. The van der Waals surface area contributed by atoms with Crippen LogP contribution < -0.4 is 9.92 Å². The van der Waals surface area contributed by atoms with Gasteiger partial charge in [-0.15, -0.1) is 0 Å². The molecule has 0 aliphatic heterocycles. The lowest BCUT2D eigenvalue weighted by atomic mass is 10.3. The Morgan fingerprint density at radius 1 is 0.944 bits per heavy atom. The fourth-order valence-corrected chi connectivity index (χ4v) is 2.89. The van der Waals surface area contributed by atoms with Gasteiger partial charge in [0.1, 0.15) is 5.75 Å². The second-order valence-electron chi connectivity index (χ2n) is 4.57. The first kappa shape index (κ1) is 15.3. The first-order valence-electron chi connectivity index (χ1n) is 7.17. The standard InChI is InChI=1S/C15H26O2Si/c1-3-5-9-12-16-14-10-7-8-11-15(14)18-17-13-6-4-2/h7-8,10-11H,3-6,9,12-13,18H2,1-2H3. The van der Waals surface area contributed by atoms with E-state index in [9.17, 15) is 0 Å². The smallest absolute Gasteiger partial charge is 0.196 e. The van der Waals surface area contributed by atoms with Crippen LogP contribution in [0.3, 0.4) is 0 Å². The van der Waals surface area contributed by atoms with E-state index in [1.165, 1.54) is 24.4 Å². The van der Waals surface area contributed by atoms with Gasteiger partial charge in [0, 0.05) is 11.8 Å². The molecule has 102 valence electrons. The van der Waals surface area contributed by atoms with Crippen LogP contribution in [0.2, 0.25) is 0 Å². The minimum atomic E-state index is -0.625. The van der Waals surface area contributed by atoms with Crippen molar-refractivity contribution in [2.45, 2.75) is 46.0 Å². The highest BCUT2D eigenvalue weighted by molar-refractivity contribution is 6.48. The molecule has 0 N–H and O–H groups in total. The van der Waals surface area contributed by atoms with Crippen LogP contribution in [0.15, 0.2) is 24.3 Å². The molecule has 1 rings (SSSR count). The van der Waals surface area contributed by atoms with Crippen LogP contribution in [0.1, 0.15) is 46.0 Å². The lowest BCUT2D eigenvalue weighted by Gasteiger charge is -2.11. The highest BCUT2D eigenvalue weighted by atomic mass is 28.2. The van der Waals surface area contributed by atoms with Crippen molar-refractivity contribution in [2.24, 2.45) is 0 Å². The number of hydrogen-bond donors (Lipinski definition) is 0. The van der Waals surface area contributed by atoms with Crippen molar-refractivity contribution < 1.29 is 9.16 Å². The molecule has 3 heteroatoms. The average molecular weight is 266 g/mol. The van der Waals surface area contributed by atoms with Gasteiger partial charge in [0.2, 0.25) is 0 Å². The molecular weight excluding hydrogens is 240 g/mol. The van der Waals surface area contributed by atoms with Gasteiger partial charge >= 0.3 is 0 Å². The largest absolute Gasteiger partial charge is 0.494 e. The second kappa shape index (κ2) is 10.2. The third-order valence-corrected chi connectivity index (χ3v) is 4.27. The van der Waals surface area contributed by atoms with E-state index < -0.39 is 9.76 Å². The number of ether oxygens (including phenoxy) is 1. The zero-order valence-corrected chi connectivity index (χ0v) is 13.2. The van der Waals surface area contributed by atoms with Crippen molar-refractivity contribution >= 4 is 14.9 Å². The van der Waals surface area contributed by atoms with Crippen molar-refractivity contribution in [3.63, 3.8) is 0 Å². The zero-order valence-electron chi connectivity index (χ0n) is 11.8. The third kappa shape index (κ3) is 6.22. The maximum atomic E-state index is 5.85. The molecule has 0 aliphatic carbocycles. The van der Waals surface area contributed by atoms with Gasteiger partial charge in [-0.25, -0.2) is 0 Å². The molecule has 0 aliphatic rings. The van der Waals surface area contributed by atoms with Gasteiger partial charge < -0.3 is 9.16 Å². The molecule has 1 aromatic rings. The number of rotatable bonds is 10. The van der Waals surface area contributed by atoms with E-state index in [0.29, 0.717) is 0 Å². The van der Waals surface area contributed by atoms with Crippen LogP contribution in [-0.2, 0) is 4.43 Å². The first-order valence-corrected chi connectivity index (χ1v) is 8.45. The quantitative estimate of drug-likeness (QED) is 0.479. The Balaban J connectivity index is 2.36. The molecule has 0 bridgehead atoms. The Morgan fingerprint density at radius 2 is 1.72 bits per heavy atom. The molecular formula is C15H26O2Si. The minimum Gasteiger partial charge on any atom is -0.494 e. The molecule has 18 heavy (non-hydrogen) atoms. The molecule has 0 atom stereocenters. The summed E-state index contributed by atoms with van der Waals surface area (Å²) in [6, 6.07) is 8.33.